The van der Waals surface area contributed by atoms with Crippen LogP contribution in [0, 0.1) is 5.41 Å². The van der Waals surface area contributed by atoms with Crippen molar-refractivity contribution in [3.8, 4) is 0 Å². The van der Waals surface area contributed by atoms with Gasteiger partial charge in [0.05, 0.1) is 22.7 Å². The van der Waals surface area contributed by atoms with Crippen molar-refractivity contribution in [2.75, 3.05) is 14.1 Å². The minimum atomic E-state index is -3.34. The molecule has 0 radical (unpaired) electrons. The molecule has 1 aromatic rings. The maximum absolute atomic E-state index is 13.8. The number of carbonyl (C=O) groups is 1. The van der Waals surface area contributed by atoms with Crippen molar-refractivity contribution in [3.63, 3.8) is 0 Å². The number of nitrogens with one attached hydrogen (secondary N) is 3. The number of amides is 1. The van der Waals surface area contributed by atoms with Crippen LogP contribution in [0.3, 0.4) is 0 Å². The first kappa shape index (κ1) is 25.4. The van der Waals surface area contributed by atoms with Crippen LogP contribution in [0.15, 0.2) is 53.5 Å². The molecule has 184 valence electrons. The molecule has 1 saturated carbocycles. The molecule has 3 rings (SSSR count). The summed E-state index contributed by atoms with van der Waals surface area (Å²) in [6.07, 6.45) is 7.90. The molecular weight excluding hydrogens is 444 g/mol. The van der Waals surface area contributed by atoms with Crippen molar-refractivity contribution in [1.82, 2.24) is 15.5 Å². The third kappa shape index (κ3) is 5.80. The van der Waals surface area contributed by atoms with E-state index in [0.29, 0.717) is 36.7 Å². The SMILES string of the molecule is CN(C)C1=CC(=N)/C(=C\N[C@H]2CC[C@](C)(O)CC2)C=C1NC(=O)c1cccc(C(C)(F)F)[n+]1O. The van der Waals surface area contributed by atoms with Gasteiger partial charge in [-0.05, 0) is 50.8 Å². The van der Waals surface area contributed by atoms with E-state index in [-0.39, 0.29) is 22.2 Å². The zero-order valence-electron chi connectivity index (χ0n) is 19.8. The van der Waals surface area contributed by atoms with Crippen molar-refractivity contribution >= 4 is 11.6 Å². The Balaban J connectivity index is 1.84. The number of aromatic nitrogens is 1. The second-order valence-corrected chi connectivity index (χ2v) is 9.38. The Bertz CT molecular complexity index is 1060. The van der Waals surface area contributed by atoms with Gasteiger partial charge in [0.2, 0.25) is 0 Å². The van der Waals surface area contributed by atoms with Gasteiger partial charge in [0.25, 0.3) is 0 Å². The molecule has 0 atom stereocenters. The van der Waals surface area contributed by atoms with E-state index >= 15 is 0 Å². The number of aliphatic hydroxyl groups is 1. The van der Waals surface area contributed by atoms with Crippen molar-refractivity contribution < 1.29 is 28.6 Å². The van der Waals surface area contributed by atoms with Gasteiger partial charge >= 0.3 is 23.2 Å². The number of allylic oxidation sites excluding steroid dienone is 3. The highest BCUT2D eigenvalue weighted by molar-refractivity contribution is 6.10. The number of halogens is 2. The summed E-state index contributed by atoms with van der Waals surface area (Å²) in [6, 6.07) is 3.72. The van der Waals surface area contributed by atoms with Crippen LogP contribution < -0.4 is 15.4 Å². The molecule has 0 aromatic carbocycles. The fraction of sp³-hybridized carbons (Fsp3) is 0.458. The van der Waals surface area contributed by atoms with E-state index in [9.17, 15) is 23.9 Å². The lowest BCUT2D eigenvalue weighted by atomic mass is 9.84. The highest BCUT2D eigenvalue weighted by Gasteiger charge is 2.39. The molecule has 5 N–H and O–H groups in total. The van der Waals surface area contributed by atoms with E-state index in [2.05, 4.69) is 10.6 Å². The predicted molar refractivity (Wildman–Crippen MR) is 123 cm³/mol. The number of pyridine rings is 1. The van der Waals surface area contributed by atoms with Crippen molar-refractivity contribution in [3.05, 3.63) is 64.9 Å². The van der Waals surface area contributed by atoms with Crippen LogP contribution in [0.4, 0.5) is 8.78 Å². The third-order valence-electron chi connectivity index (χ3n) is 6.08. The minimum Gasteiger partial charge on any atom is -0.390 e. The van der Waals surface area contributed by atoms with Crippen molar-refractivity contribution in [2.45, 2.75) is 57.1 Å². The van der Waals surface area contributed by atoms with E-state index in [0.717, 1.165) is 18.9 Å². The Labute approximate surface area is 197 Å². The van der Waals surface area contributed by atoms with E-state index in [4.69, 9.17) is 5.41 Å². The van der Waals surface area contributed by atoms with Crippen LogP contribution in [0.5, 0.6) is 0 Å². The van der Waals surface area contributed by atoms with E-state index in [1.54, 1.807) is 37.3 Å². The molecular formula is C24H32F2N5O3+. The third-order valence-corrected chi connectivity index (χ3v) is 6.08. The summed E-state index contributed by atoms with van der Waals surface area (Å²) in [4.78, 5) is 14.6. The first-order valence-electron chi connectivity index (χ1n) is 11.1. The number of rotatable bonds is 6. The lowest BCUT2D eigenvalue weighted by molar-refractivity contribution is -0.914. The lowest BCUT2D eigenvalue weighted by Gasteiger charge is -2.33. The fourth-order valence-corrected chi connectivity index (χ4v) is 4.00. The maximum atomic E-state index is 13.8. The fourth-order valence-electron chi connectivity index (χ4n) is 4.00. The average molecular weight is 477 g/mol. The lowest BCUT2D eigenvalue weighted by Crippen LogP contribution is -2.47. The van der Waals surface area contributed by atoms with Crippen molar-refractivity contribution in [2.24, 2.45) is 0 Å². The summed E-state index contributed by atoms with van der Waals surface area (Å²) in [5, 5.41) is 34.7. The Morgan fingerprint density at radius 3 is 2.53 bits per heavy atom. The number of carbonyl (C=O) groups excluding carboxylic acids is 1. The molecule has 1 amide bonds. The van der Waals surface area contributed by atoms with Gasteiger partial charge in [-0.3, -0.25) is 10.0 Å². The van der Waals surface area contributed by atoms with Crippen LogP contribution >= 0.6 is 0 Å². The number of hydrogen-bond acceptors (Lipinski definition) is 6. The zero-order valence-corrected chi connectivity index (χ0v) is 19.8. The molecule has 2 aliphatic rings. The average Bonchev–Trinajstić information content (AvgIpc) is 2.73. The highest BCUT2D eigenvalue weighted by Crippen LogP contribution is 2.28. The monoisotopic (exact) mass is 476 g/mol. The van der Waals surface area contributed by atoms with Gasteiger partial charge in [-0.15, -0.1) is 0 Å². The maximum Gasteiger partial charge on any atom is 0.332 e. The number of likely N-dealkylation sites (N-methyl/N-ethyl adjacent to an activating group) is 1. The summed E-state index contributed by atoms with van der Waals surface area (Å²) in [5.74, 6) is -4.12. The predicted octanol–water partition coefficient (Wildman–Crippen LogP) is 2.58. The Hall–Kier alpha value is -3.27. The molecule has 10 heteroatoms. The molecule has 8 nitrogen and oxygen atoms in total. The van der Waals surface area contributed by atoms with Gasteiger partial charge in [0.15, 0.2) is 0 Å². The smallest absolute Gasteiger partial charge is 0.332 e. The van der Waals surface area contributed by atoms with Crippen LogP contribution in [-0.4, -0.2) is 52.6 Å². The van der Waals surface area contributed by atoms with Gasteiger partial charge in [0.1, 0.15) is 0 Å². The van der Waals surface area contributed by atoms with Crippen molar-refractivity contribution in [1.29, 1.82) is 5.41 Å². The second-order valence-electron chi connectivity index (χ2n) is 9.38. The van der Waals surface area contributed by atoms with Gasteiger partial charge < -0.3 is 26.0 Å². The molecule has 0 spiro atoms. The van der Waals surface area contributed by atoms with E-state index in [1.807, 2.05) is 6.92 Å². The molecule has 1 fully saturated rings. The summed E-state index contributed by atoms with van der Waals surface area (Å²) >= 11 is 0. The largest absolute Gasteiger partial charge is 0.390 e. The van der Waals surface area contributed by atoms with Crippen LogP contribution in [0.2, 0.25) is 0 Å². The van der Waals surface area contributed by atoms with Gasteiger partial charge in [-0.1, -0.05) is 0 Å². The second kappa shape index (κ2) is 9.54. The number of hydrogen-bond donors (Lipinski definition) is 5. The Morgan fingerprint density at radius 1 is 1.29 bits per heavy atom. The molecule has 1 heterocycles. The summed E-state index contributed by atoms with van der Waals surface area (Å²) < 4.78 is 27.7. The number of nitrogens with zero attached hydrogens (tertiary/aromatic N) is 2. The van der Waals surface area contributed by atoms with Gasteiger partial charge in [-0.25, -0.2) is 0 Å². The highest BCUT2D eigenvalue weighted by atomic mass is 19.3. The van der Waals surface area contributed by atoms with Crippen LogP contribution in [-0.2, 0) is 5.92 Å². The first-order chi connectivity index (χ1) is 15.8. The van der Waals surface area contributed by atoms with E-state index < -0.39 is 23.1 Å². The molecule has 0 aliphatic heterocycles. The van der Waals surface area contributed by atoms with Crippen LogP contribution in [0.1, 0.15) is 55.7 Å². The normalized spacial score (nSPS) is 24.4. The molecule has 0 bridgehead atoms. The number of alkyl halides is 2. The molecule has 2 aliphatic carbocycles. The van der Waals surface area contributed by atoms with E-state index in [1.165, 1.54) is 12.1 Å². The molecule has 34 heavy (non-hydrogen) atoms. The minimum absolute atomic E-state index is 0.165. The van der Waals surface area contributed by atoms with Gasteiger partial charge in [0, 0.05) is 55.7 Å². The Kier molecular flexibility index (Phi) is 7.11. The van der Waals surface area contributed by atoms with Crippen LogP contribution in [0.25, 0.3) is 0 Å². The van der Waals surface area contributed by atoms with Gasteiger partial charge in [-0.2, -0.15) is 8.78 Å². The standard InChI is InChI=1S/C24H31F2N5O3/c1-23(33)10-8-16(9-11-23)28-14-15-12-18(20(30(3)4)13-17(15)27)29-22(32)19-6-5-7-21(31(19)34)24(2,25)26/h5-7,12-14,16,27,32-34H,8-11H2,1-4H3/p+1/t16-,23-. The quantitative estimate of drug-likeness (QED) is 0.320. The zero-order chi connectivity index (χ0) is 25.3. The molecule has 0 unspecified atom stereocenters. The first-order valence-corrected chi connectivity index (χ1v) is 11.1. The molecule has 0 saturated heterocycles. The Morgan fingerprint density at radius 2 is 1.94 bits per heavy atom. The summed E-state index contributed by atoms with van der Waals surface area (Å²) in [6.45, 7) is 2.47. The summed E-state index contributed by atoms with van der Waals surface area (Å²) in [5.41, 5.74) is -0.0295. The topological polar surface area (TPSA) is 113 Å². The summed E-state index contributed by atoms with van der Waals surface area (Å²) in [7, 11) is 3.51. The molecule has 1 aromatic heterocycles.